The van der Waals surface area contributed by atoms with Crippen molar-refractivity contribution in [1.29, 1.82) is 0 Å². The summed E-state index contributed by atoms with van der Waals surface area (Å²) in [5.41, 5.74) is 1.24. The van der Waals surface area contributed by atoms with Crippen LogP contribution in [-0.4, -0.2) is 25.8 Å². The molecule has 0 spiro atoms. The number of halogens is 2. The Morgan fingerprint density at radius 2 is 2.10 bits per heavy atom. The van der Waals surface area contributed by atoms with Crippen LogP contribution in [0.5, 0.6) is 11.5 Å². The van der Waals surface area contributed by atoms with Crippen LogP contribution in [0.25, 0.3) is 0 Å². The summed E-state index contributed by atoms with van der Waals surface area (Å²) in [5, 5.41) is 0.312. The molecule has 0 radical (unpaired) electrons. The monoisotopic (exact) mass is 420 g/mol. The Labute approximate surface area is 173 Å². The fourth-order valence-electron chi connectivity index (χ4n) is 3.92. The SMILES string of the molecule is COC(=O)CC1CCC(c2cccc3c2OC(C)(c2ccc(Cl)cc2F)O3)CO1. The van der Waals surface area contributed by atoms with E-state index in [0.29, 0.717) is 23.1 Å². The minimum atomic E-state index is -1.28. The lowest BCUT2D eigenvalue weighted by atomic mass is 9.90. The standard InChI is InChI=1S/C22H22ClFO5/c1-22(17-9-7-14(23)10-18(17)24)28-19-5-3-4-16(21(19)29-22)13-6-8-15(27-12-13)11-20(25)26-2/h3-5,7,9-10,13,15H,6,8,11-12H2,1-2H3. The highest BCUT2D eigenvalue weighted by molar-refractivity contribution is 6.30. The molecule has 2 aliphatic heterocycles. The van der Waals surface area contributed by atoms with E-state index < -0.39 is 11.6 Å². The minimum absolute atomic E-state index is 0.0971. The molecule has 1 fully saturated rings. The average molecular weight is 421 g/mol. The lowest BCUT2D eigenvalue weighted by molar-refractivity contribution is -0.144. The number of hydrogen-bond donors (Lipinski definition) is 0. The van der Waals surface area contributed by atoms with Crippen molar-refractivity contribution in [2.75, 3.05) is 13.7 Å². The first kappa shape index (κ1) is 20.0. The summed E-state index contributed by atoms with van der Waals surface area (Å²) in [5.74, 6) is -0.774. The van der Waals surface area contributed by atoms with Gasteiger partial charge in [0.05, 0.1) is 31.8 Å². The fraction of sp³-hybridized carbons (Fsp3) is 0.409. The predicted molar refractivity (Wildman–Crippen MR) is 105 cm³/mol. The Kier molecular flexibility index (Phi) is 5.40. The van der Waals surface area contributed by atoms with Gasteiger partial charge >= 0.3 is 5.97 Å². The zero-order valence-corrected chi connectivity index (χ0v) is 17.0. The molecular formula is C22H22ClFO5. The van der Waals surface area contributed by atoms with E-state index in [1.165, 1.54) is 13.2 Å². The summed E-state index contributed by atoms with van der Waals surface area (Å²) in [6.45, 7) is 2.15. The third-order valence-electron chi connectivity index (χ3n) is 5.46. The molecule has 1 saturated heterocycles. The van der Waals surface area contributed by atoms with Gasteiger partial charge in [-0.2, -0.15) is 0 Å². The molecule has 0 saturated carbocycles. The van der Waals surface area contributed by atoms with Crippen molar-refractivity contribution < 1.29 is 28.1 Å². The number of methoxy groups -OCH3 is 1. The van der Waals surface area contributed by atoms with Crippen molar-refractivity contribution in [3.63, 3.8) is 0 Å². The first-order valence-electron chi connectivity index (χ1n) is 9.54. The molecule has 0 N–H and O–H groups in total. The minimum Gasteiger partial charge on any atom is -0.469 e. The van der Waals surface area contributed by atoms with Crippen molar-refractivity contribution in [3.8, 4) is 11.5 Å². The van der Waals surface area contributed by atoms with Crippen LogP contribution in [0.15, 0.2) is 36.4 Å². The summed E-state index contributed by atoms with van der Waals surface area (Å²) < 4.78 is 37.3. The van der Waals surface area contributed by atoms with Crippen molar-refractivity contribution in [2.45, 2.75) is 44.0 Å². The molecule has 3 unspecified atom stereocenters. The van der Waals surface area contributed by atoms with Crippen LogP contribution in [0.4, 0.5) is 4.39 Å². The molecule has 5 nitrogen and oxygen atoms in total. The van der Waals surface area contributed by atoms with E-state index in [4.69, 9.17) is 30.5 Å². The van der Waals surface area contributed by atoms with Gasteiger partial charge in [0.25, 0.3) is 5.79 Å². The van der Waals surface area contributed by atoms with Gasteiger partial charge in [0.15, 0.2) is 11.5 Å². The van der Waals surface area contributed by atoms with Crippen LogP contribution >= 0.6 is 11.6 Å². The Balaban J connectivity index is 1.53. The molecule has 3 atom stereocenters. The Morgan fingerprint density at radius 3 is 2.79 bits per heavy atom. The van der Waals surface area contributed by atoms with Gasteiger partial charge in [-0.15, -0.1) is 0 Å². The smallest absolute Gasteiger partial charge is 0.308 e. The maximum Gasteiger partial charge on any atom is 0.308 e. The van der Waals surface area contributed by atoms with Crippen molar-refractivity contribution >= 4 is 17.6 Å². The fourth-order valence-corrected chi connectivity index (χ4v) is 4.08. The van der Waals surface area contributed by atoms with Gasteiger partial charge in [-0.25, -0.2) is 4.39 Å². The molecule has 7 heteroatoms. The van der Waals surface area contributed by atoms with Crippen molar-refractivity contribution in [1.82, 2.24) is 0 Å². The third kappa shape index (κ3) is 3.91. The number of rotatable bonds is 4. The van der Waals surface area contributed by atoms with Gasteiger partial charge in [0.2, 0.25) is 0 Å². The number of carbonyl (C=O) groups is 1. The molecule has 0 aliphatic carbocycles. The normalized spacial score (nSPS) is 25.7. The topological polar surface area (TPSA) is 54.0 Å². The molecule has 2 aromatic rings. The predicted octanol–water partition coefficient (Wildman–Crippen LogP) is 4.95. The van der Waals surface area contributed by atoms with Crippen molar-refractivity contribution in [2.24, 2.45) is 0 Å². The van der Waals surface area contributed by atoms with E-state index in [9.17, 15) is 9.18 Å². The Morgan fingerprint density at radius 1 is 1.28 bits per heavy atom. The van der Waals surface area contributed by atoms with Crippen LogP contribution < -0.4 is 9.47 Å². The summed E-state index contributed by atoms with van der Waals surface area (Å²) >= 11 is 5.87. The van der Waals surface area contributed by atoms with E-state index in [0.717, 1.165) is 18.4 Å². The number of hydrogen-bond acceptors (Lipinski definition) is 5. The third-order valence-corrected chi connectivity index (χ3v) is 5.70. The van der Waals surface area contributed by atoms with Crippen LogP contribution in [0.2, 0.25) is 5.02 Å². The molecule has 154 valence electrons. The quantitative estimate of drug-likeness (QED) is 0.655. The zero-order chi connectivity index (χ0) is 20.6. The average Bonchev–Trinajstić information content (AvgIpc) is 3.05. The Bertz CT molecular complexity index is 925. The van der Waals surface area contributed by atoms with Gasteiger partial charge in [-0.05, 0) is 37.1 Å². The zero-order valence-electron chi connectivity index (χ0n) is 16.2. The first-order chi connectivity index (χ1) is 13.9. The second-order valence-corrected chi connectivity index (χ2v) is 7.89. The molecule has 2 aromatic carbocycles. The number of para-hydroxylation sites is 1. The van der Waals surface area contributed by atoms with Gasteiger partial charge in [-0.1, -0.05) is 23.7 Å². The number of fused-ring (bicyclic) bond motifs is 1. The summed E-state index contributed by atoms with van der Waals surface area (Å²) in [6.07, 6.45) is 1.70. The van der Waals surface area contributed by atoms with E-state index in [-0.39, 0.29) is 30.0 Å². The maximum absolute atomic E-state index is 14.5. The highest BCUT2D eigenvalue weighted by Crippen LogP contribution is 2.49. The summed E-state index contributed by atoms with van der Waals surface area (Å²) in [6, 6.07) is 10.1. The molecule has 29 heavy (non-hydrogen) atoms. The lowest BCUT2D eigenvalue weighted by Crippen LogP contribution is -2.33. The Hall–Kier alpha value is -2.31. The number of esters is 1. The molecule has 0 amide bonds. The van der Waals surface area contributed by atoms with Gasteiger partial charge in [0.1, 0.15) is 5.82 Å². The first-order valence-corrected chi connectivity index (χ1v) is 9.92. The van der Waals surface area contributed by atoms with Crippen LogP contribution in [-0.2, 0) is 20.1 Å². The van der Waals surface area contributed by atoms with Gasteiger partial charge in [-0.3, -0.25) is 4.79 Å². The van der Waals surface area contributed by atoms with Crippen LogP contribution in [0, 0.1) is 5.82 Å². The van der Waals surface area contributed by atoms with Gasteiger partial charge < -0.3 is 18.9 Å². The second kappa shape index (κ2) is 7.84. The number of ether oxygens (including phenoxy) is 4. The van der Waals surface area contributed by atoms with E-state index in [1.807, 2.05) is 18.2 Å². The molecule has 4 rings (SSSR count). The maximum atomic E-state index is 14.5. The van der Waals surface area contributed by atoms with Gasteiger partial charge in [0, 0.05) is 23.4 Å². The molecule has 0 bridgehead atoms. The van der Waals surface area contributed by atoms with E-state index in [2.05, 4.69) is 0 Å². The largest absolute Gasteiger partial charge is 0.469 e. The van der Waals surface area contributed by atoms with Crippen molar-refractivity contribution in [3.05, 3.63) is 58.4 Å². The highest BCUT2D eigenvalue weighted by atomic mass is 35.5. The van der Waals surface area contributed by atoms with Crippen LogP contribution in [0.1, 0.15) is 43.2 Å². The molecule has 2 aliphatic rings. The summed E-state index contributed by atoms with van der Waals surface area (Å²) in [7, 11) is 1.37. The second-order valence-electron chi connectivity index (χ2n) is 7.46. The van der Waals surface area contributed by atoms with E-state index in [1.54, 1.807) is 19.1 Å². The molecular weight excluding hydrogens is 399 g/mol. The summed E-state index contributed by atoms with van der Waals surface area (Å²) in [4.78, 5) is 11.5. The van der Waals surface area contributed by atoms with Crippen LogP contribution in [0.3, 0.4) is 0 Å². The van der Waals surface area contributed by atoms with E-state index >= 15 is 0 Å². The molecule has 0 aromatic heterocycles. The number of carbonyl (C=O) groups excluding carboxylic acids is 1. The number of benzene rings is 2. The molecule has 2 heterocycles. The lowest BCUT2D eigenvalue weighted by Gasteiger charge is -2.29. The highest BCUT2D eigenvalue weighted by Gasteiger charge is 2.43.